The lowest BCUT2D eigenvalue weighted by Crippen LogP contribution is -2.21. The van der Waals surface area contributed by atoms with E-state index in [2.05, 4.69) is 22.0 Å². The average molecular weight is 314 g/mol. The van der Waals surface area contributed by atoms with E-state index in [1.807, 2.05) is 12.1 Å². The van der Waals surface area contributed by atoms with Gasteiger partial charge in [-0.1, -0.05) is 6.07 Å². The summed E-state index contributed by atoms with van der Waals surface area (Å²) in [4.78, 5) is 0. The molecule has 0 amide bonds. The summed E-state index contributed by atoms with van der Waals surface area (Å²) in [6.07, 6.45) is 3.29. The SMILES string of the molecule is COc1ccc(C(N)CC2CCOCC2)cc1Br. The van der Waals surface area contributed by atoms with Crippen LogP contribution in [0.1, 0.15) is 30.9 Å². The van der Waals surface area contributed by atoms with Gasteiger partial charge in [-0.25, -0.2) is 0 Å². The standard InChI is InChI=1S/C14H20BrNO2/c1-17-14-3-2-11(9-12(14)15)13(16)8-10-4-6-18-7-5-10/h2-3,9-10,13H,4-8,16H2,1H3. The Morgan fingerprint density at radius 1 is 1.44 bits per heavy atom. The number of ether oxygens (including phenoxy) is 2. The summed E-state index contributed by atoms with van der Waals surface area (Å²) in [6, 6.07) is 6.16. The largest absolute Gasteiger partial charge is 0.496 e. The van der Waals surface area contributed by atoms with Gasteiger partial charge in [-0.3, -0.25) is 0 Å². The van der Waals surface area contributed by atoms with Crippen molar-refractivity contribution in [2.45, 2.75) is 25.3 Å². The van der Waals surface area contributed by atoms with Crippen molar-refractivity contribution in [1.82, 2.24) is 0 Å². The number of hydrogen-bond acceptors (Lipinski definition) is 3. The topological polar surface area (TPSA) is 44.5 Å². The highest BCUT2D eigenvalue weighted by molar-refractivity contribution is 9.10. The quantitative estimate of drug-likeness (QED) is 0.927. The molecular weight excluding hydrogens is 294 g/mol. The monoisotopic (exact) mass is 313 g/mol. The fourth-order valence-corrected chi connectivity index (χ4v) is 2.95. The molecule has 0 aromatic heterocycles. The minimum atomic E-state index is 0.0929. The minimum Gasteiger partial charge on any atom is -0.496 e. The van der Waals surface area contributed by atoms with E-state index in [0.717, 1.165) is 48.3 Å². The molecule has 1 aromatic carbocycles. The second-order valence-electron chi connectivity index (χ2n) is 4.79. The zero-order valence-corrected chi connectivity index (χ0v) is 12.3. The maximum Gasteiger partial charge on any atom is 0.133 e. The maximum absolute atomic E-state index is 6.28. The Morgan fingerprint density at radius 2 is 2.17 bits per heavy atom. The minimum absolute atomic E-state index is 0.0929. The lowest BCUT2D eigenvalue weighted by atomic mass is 9.90. The second kappa shape index (κ2) is 6.55. The molecular formula is C14H20BrNO2. The van der Waals surface area contributed by atoms with Gasteiger partial charge in [0.25, 0.3) is 0 Å². The summed E-state index contributed by atoms with van der Waals surface area (Å²) in [6.45, 7) is 1.76. The Morgan fingerprint density at radius 3 is 2.78 bits per heavy atom. The van der Waals surface area contributed by atoms with Crippen LogP contribution in [-0.2, 0) is 4.74 Å². The van der Waals surface area contributed by atoms with Gasteiger partial charge in [-0.15, -0.1) is 0 Å². The van der Waals surface area contributed by atoms with Crippen LogP contribution in [0.2, 0.25) is 0 Å². The van der Waals surface area contributed by atoms with Crippen LogP contribution >= 0.6 is 15.9 Å². The van der Waals surface area contributed by atoms with Crippen LogP contribution in [0.25, 0.3) is 0 Å². The normalized spacial score (nSPS) is 18.6. The van der Waals surface area contributed by atoms with E-state index < -0.39 is 0 Å². The van der Waals surface area contributed by atoms with E-state index in [1.165, 1.54) is 0 Å². The highest BCUT2D eigenvalue weighted by Crippen LogP contribution is 2.31. The van der Waals surface area contributed by atoms with Crippen LogP contribution in [0.15, 0.2) is 22.7 Å². The zero-order valence-electron chi connectivity index (χ0n) is 10.7. The van der Waals surface area contributed by atoms with E-state index in [0.29, 0.717) is 5.92 Å². The first-order chi connectivity index (χ1) is 8.70. The molecule has 3 nitrogen and oxygen atoms in total. The zero-order chi connectivity index (χ0) is 13.0. The summed E-state index contributed by atoms with van der Waals surface area (Å²) in [5.74, 6) is 1.53. The van der Waals surface area contributed by atoms with Crippen molar-refractivity contribution < 1.29 is 9.47 Å². The van der Waals surface area contributed by atoms with Gasteiger partial charge in [0.1, 0.15) is 5.75 Å². The molecule has 0 spiro atoms. The smallest absolute Gasteiger partial charge is 0.133 e. The first-order valence-corrected chi connectivity index (χ1v) is 7.16. The molecule has 1 aliphatic rings. The summed E-state index contributed by atoms with van der Waals surface area (Å²) in [5, 5.41) is 0. The molecule has 4 heteroatoms. The van der Waals surface area contributed by atoms with Crippen molar-refractivity contribution in [3.8, 4) is 5.75 Å². The number of hydrogen-bond donors (Lipinski definition) is 1. The number of benzene rings is 1. The van der Waals surface area contributed by atoms with Crippen molar-refractivity contribution >= 4 is 15.9 Å². The molecule has 0 saturated carbocycles. The van der Waals surface area contributed by atoms with Crippen molar-refractivity contribution in [3.63, 3.8) is 0 Å². The van der Waals surface area contributed by atoms with Crippen LogP contribution in [0, 0.1) is 5.92 Å². The number of nitrogens with two attached hydrogens (primary N) is 1. The van der Waals surface area contributed by atoms with E-state index in [-0.39, 0.29) is 6.04 Å². The molecule has 0 radical (unpaired) electrons. The predicted octanol–water partition coefficient (Wildman–Crippen LogP) is 3.27. The third kappa shape index (κ3) is 3.46. The summed E-state index contributed by atoms with van der Waals surface area (Å²) in [7, 11) is 1.67. The van der Waals surface area contributed by atoms with Crippen molar-refractivity contribution in [2.24, 2.45) is 11.7 Å². The average Bonchev–Trinajstić information content (AvgIpc) is 2.39. The Labute approximate surface area is 117 Å². The van der Waals surface area contributed by atoms with E-state index in [1.54, 1.807) is 7.11 Å². The lowest BCUT2D eigenvalue weighted by Gasteiger charge is -2.25. The van der Waals surface area contributed by atoms with Crippen molar-refractivity contribution in [1.29, 1.82) is 0 Å². The van der Waals surface area contributed by atoms with Crippen molar-refractivity contribution in [3.05, 3.63) is 28.2 Å². The molecule has 1 atom stereocenters. The van der Waals surface area contributed by atoms with Gasteiger partial charge in [-0.05, 0) is 58.8 Å². The van der Waals surface area contributed by atoms with Crippen LogP contribution < -0.4 is 10.5 Å². The Kier molecular flexibility index (Phi) is 5.03. The highest BCUT2D eigenvalue weighted by Gasteiger charge is 2.18. The van der Waals surface area contributed by atoms with Crippen LogP contribution in [0.3, 0.4) is 0 Å². The Balaban J connectivity index is 1.99. The fraction of sp³-hybridized carbons (Fsp3) is 0.571. The predicted molar refractivity (Wildman–Crippen MR) is 75.8 cm³/mol. The number of methoxy groups -OCH3 is 1. The molecule has 1 unspecified atom stereocenters. The van der Waals surface area contributed by atoms with Gasteiger partial charge in [0, 0.05) is 19.3 Å². The van der Waals surface area contributed by atoms with Gasteiger partial charge in [0.05, 0.1) is 11.6 Å². The molecule has 0 aliphatic carbocycles. The lowest BCUT2D eigenvalue weighted by molar-refractivity contribution is 0.0618. The first kappa shape index (κ1) is 13.8. The second-order valence-corrected chi connectivity index (χ2v) is 5.65. The molecule has 1 heterocycles. The summed E-state index contributed by atoms with van der Waals surface area (Å²) < 4.78 is 11.6. The van der Waals surface area contributed by atoms with Crippen LogP contribution in [0.5, 0.6) is 5.75 Å². The molecule has 1 aromatic rings. The molecule has 2 N–H and O–H groups in total. The molecule has 0 bridgehead atoms. The maximum atomic E-state index is 6.28. The third-order valence-corrected chi connectivity index (χ3v) is 4.15. The highest BCUT2D eigenvalue weighted by atomic mass is 79.9. The first-order valence-electron chi connectivity index (χ1n) is 6.37. The van der Waals surface area contributed by atoms with Gasteiger partial charge in [0.15, 0.2) is 0 Å². The number of rotatable bonds is 4. The fourth-order valence-electron chi connectivity index (χ4n) is 2.39. The van der Waals surface area contributed by atoms with Gasteiger partial charge >= 0.3 is 0 Å². The molecule has 1 saturated heterocycles. The Hall–Kier alpha value is -0.580. The summed E-state index contributed by atoms with van der Waals surface area (Å²) in [5.41, 5.74) is 7.45. The van der Waals surface area contributed by atoms with E-state index in [9.17, 15) is 0 Å². The molecule has 18 heavy (non-hydrogen) atoms. The van der Waals surface area contributed by atoms with Gasteiger partial charge in [0.2, 0.25) is 0 Å². The van der Waals surface area contributed by atoms with Crippen molar-refractivity contribution in [2.75, 3.05) is 20.3 Å². The summed E-state index contributed by atoms with van der Waals surface area (Å²) >= 11 is 3.50. The Bertz CT molecular complexity index is 391. The van der Waals surface area contributed by atoms with Crippen LogP contribution in [0.4, 0.5) is 0 Å². The third-order valence-electron chi connectivity index (χ3n) is 3.53. The van der Waals surface area contributed by atoms with Crippen LogP contribution in [-0.4, -0.2) is 20.3 Å². The van der Waals surface area contributed by atoms with Gasteiger partial charge in [-0.2, -0.15) is 0 Å². The van der Waals surface area contributed by atoms with Gasteiger partial charge < -0.3 is 15.2 Å². The molecule has 2 rings (SSSR count). The molecule has 100 valence electrons. The molecule has 1 fully saturated rings. The number of halogens is 1. The van der Waals surface area contributed by atoms with E-state index >= 15 is 0 Å². The van der Waals surface area contributed by atoms with E-state index in [4.69, 9.17) is 15.2 Å². The molecule has 1 aliphatic heterocycles.